The van der Waals surface area contributed by atoms with Crippen LogP contribution in [0.1, 0.15) is 37.6 Å². The van der Waals surface area contributed by atoms with Gasteiger partial charge < -0.3 is 23.7 Å². The third kappa shape index (κ3) is 4.53. The molecule has 4 atom stereocenters. The quantitative estimate of drug-likeness (QED) is 0.334. The first-order chi connectivity index (χ1) is 15.8. The molecule has 7 nitrogen and oxygen atoms in total. The lowest BCUT2D eigenvalue weighted by molar-refractivity contribution is -0.137. The average Bonchev–Trinajstić information content (AvgIpc) is 3.08. The molecule has 0 amide bonds. The Morgan fingerprint density at radius 3 is 2.70 bits per heavy atom. The van der Waals surface area contributed by atoms with Gasteiger partial charge in [-0.05, 0) is 43.2 Å². The largest absolute Gasteiger partial charge is 0.455 e. The molecule has 2 aliphatic carbocycles. The van der Waals surface area contributed by atoms with E-state index >= 15 is 0 Å². The van der Waals surface area contributed by atoms with Crippen LogP contribution in [0.15, 0.2) is 65.0 Å². The summed E-state index contributed by atoms with van der Waals surface area (Å²) < 4.78 is 28.0. The number of carbonyl (C=O) groups excluding carboxylic acids is 2. The van der Waals surface area contributed by atoms with E-state index in [1.165, 1.54) is 0 Å². The third-order valence-electron chi connectivity index (χ3n) is 6.94. The van der Waals surface area contributed by atoms with Gasteiger partial charge in [0.25, 0.3) is 0 Å². The maximum atomic E-state index is 12.9. The summed E-state index contributed by atoms with van der Waals surface area (Å²) in [5.41, 5.74) is 2.69. The predicted molar refractivity (Wildman–Crippen MR) is 120 cm³/mol. The first-order valence-corrected chi connectivity index (χ1v) is 11.2. The van der Waals surface area contributed by atoms with E-state index in [4.69, 9.17) is 23.7 Å². The van der Waals surface area contributed by atoms with Gasteiger partial charge in [0.05, 0.1) is 18.8 Å². The molecule has 3 aliphatic rings. The highest BCUT2D eigenvalue weighted by molar-refractivity contribution is 5.94. The van der Waals surface area contributed by atoms with Crippen LogP contribution in [-0.4, -0.2) is 51.3 Å². The molecule has 0 saturated carbocycles. The summed E-state index contributed by atoms with van der Waals surface area (Å²) in [7, 11) is 1.61. The first kappa shape index (κ1) is 23.4. The SMILES string of the molecule is COCCOCO[C@H]1C=C2C=C3OC(=O)C(C)=C3C[C@]2(C)[C@@H](C)[C@H]1OC(=O)c1ccccc1. The van der Waals surface area contributed by atoms with Gasteiger partial charge in [-0.3, -0.25) is 0 Å². The second-order valence-corrected chi connectivity index (χ2v) is 8.89. The Bertz CT molecular complexity index is 1010. The molecule has 0 radical (unpaired) electrons. The van der Waals surface area contributed by atoms with Crippen molar-refractivity contribution < 1.29 is 33.3 Å². The fraction of sp³-hybridized carbons (Fsp3) is 0.462. The van der Waals surface area contributed by atoms with Crippen LogP contribution in [0.5, 0.6) is 0 Å². The summed E-state index contributed by atoms with van der Waals surface area (Å²) in [6, 6.07) is 8.92. The van der Waals surface area contributed by atoms with Crippen molar-refractivity contribution >= 4 is 11.9 Å². The molecule has 0 saturated heterocycles. The van der Waals surface area contributed by atoms with Crippen molar-refractivity contribution in [1.29, 1.82) is 0 Å². The molecule has 4 rings (SSSR count). The van der Waals surface area contributed by atoms with Crippen molar-refractivity contribution in [3.8, 4) is 0 Å². The van der Waals surface area contributed by atoms with Crippen LogP contribution >= 0.6 is 0 Å². The van der Waals surface area contributed by atoms with Gasteiger partial charge in [-0.25, -0.2) is 9.59 Å². The minimum atomic E-state index is -0.536. The van der Waals surface area contributed by atoms with E-state index < -0.39 is 18.2 Å². The fourth-order valence-corrected chi connectivity index (χ4v) is 4.64. The number of hydrogen-bond acceptors (Lipinski definition) is 7. The molecule has 7 heteroatoms. The number of carbonyl (C=O) groups is 2. The van der Waals surface area contributed by atoms with Crippen LogP contribution in [0.3, 0.4) is 0 Å². The van der Waals surface area contributed by atoms with Crippen LogP contribution in [0.4, 0.5) is 0 Å². The van der Waals surface area contributed by atoms with Gasteiger partial charge in [-0.2, -0.15) is 0 Å². The van der Waals surface area contributed by atoms with Crippen molar-refractivity contribution in [1.82, 2.24) is 0 Å². The zero-order chi connectivity index (χ0) is 23.6. The summed E-state index contributed by atoms with van der Waals surface area (Å²) >= 11 is 0. The number of ether oxygens (including phenoxy) is 5. The van der Waals surface area contributed by atoms with E-state index in [-0.39, 0.29) is 24.1 Å². The average molecular weight is 455 g/mol. The van der Waals surface area contributed by atoms with E-state index in [0.29, 0.717) is 36.5 Å². The molecule has 1 heterocycles. The van der Waals surface area contributed by atoms with Gasteiger partial charge in [-0.1, -0.05) is 32.0 Å². The number of methoxy groups -OCH3 is 1. The van der Waals surface area contributed by atoms with E-state index in [1.54, 1.807) is 38.3 Å². The highest BCUT2D eigenvalue weighted by Crippen LogP contribution is 2.54. The summed E-state index contributed by atoms with van der Waals surface area (Å²) in [4.78, 5) is 25.1. The third-order valence-corrected chi connectivity index (χ3v) is 6.94. The predicted octanol–water partition coefficient (Wildman–Crippen LogP) is 3.96. The lowest BCUT2D eigenvalue weighted by Gasteiger charge is -2.48. The highest BCUT2D eigenvalue weighted by Gasteiger charge is 2.51. The van der Waals surface area contributed by atoms with Crippen molar-refractivity contribution in [3.63, 3.8) is 0 Å². The lowest BCUT2D eigenvalue weighted by atomic mass is 9.60. The van der Waals surface area contributed by atoms with E-state index in [1.807, 2.05) is 18.2 Å². The zero-order valence-corrected chi connectivity index (χ0v) is 19.5. The number of fused-ring (bicyclic) bond motifs is 2. The van der Waals surface area contributed by atoms with Gasteiger partial charge in [0, 0.05) is 29.6 Å². The summed E-state index contributed by atoms with van der Waals surface area (Å²) in [5, 5.41) is 0. The molecule has 0 fully saturated rings. The Morgan fingerprint density at radius 1 is 1.21 bits per heavy atom. The van der Waals surface area contributed by atoms with Crippen LogP contribution in [-0.2, 0) is 28.5 Å². The molecule has 1 aliphatic heterocycles. The zero-order valence-electron chi connectivity index (χ0n) is 19.5. The molecular formula is C26H30O7. The summed E-state index contributed by atoms with van der Waals surface area (Å²) in [5.74, 6) is -0.201. The van der Waals surface area contributed by atoms with E-state index in [0.717, 1.165) is 11.1 Å². The Kier molecular flexibility index (Phi) is 6.83. The molecule has 176 valence electrons. The molecule has 0 unspecified atom stereocenters. The summed E-state index contributed by atoms with van der Waals surface area (Å²) in [6.07, 6.45) is 3.46. The highest BCUT2D eigenvalue weighted by atomic mass is 16.7. The maximum Gasteiger partial charge on any atom is 0.339 e. The number of allylic oxidation sites excluding steroid dienone is 3. The van der Waals surface area contributed by atoms with Gasteiger partial charge in [0.15, 0.2) is 0 Å². The molecule has 0 spiro atoms. The topological polar surface area (TPSA) is 80.3 Å². The molecule has 1 aromatic carbocycles. The van der Waals surface area contributed by atoms with Gasteiger partial charge in [0.2, 0.25) is 0 Å². The lowest BCUT2D eigenvalue weighted by Crippen LogP contribution is -2.50. The molecule has 0 aromatic heterocycles. The van der Waals surface area contributed by atoms with Gasteiger partial charge in [0.1, 0.15) is 24.8 Å². The van der Waals surface area contributed by atoms with Crippen molar-refractivity contribution in [2.75, 3.05) is 27.1 Å². The number of benzene rings is 1. The molecule has 1 aromatic rings. The summed E-state index contributed by atoms with van der Waals surface area (Å²) in [6.45, 7) is 6.88. The second-order valence-electron chi connectivity index (χ2n) is 8.89. The normalized spacial score (nSPS) is 28.5. The van der Waals surface area contributed by atoms with Crippen LogP contribution in [0, 0.1) is 11.3 Å². The Morgan fingerprint density at radius 2 is 1.97 bits per heavy atom. The fourth-order valence-electron chi connectivity index (χ4n) is 4.64. The molecule has 0 bridgehead atoms. The van der Waals surface area contributed by atoms with Crippen LogP contribution in [0.2, 0.25) is 0 Å². The Balaban J connectivity index is 1.63. The first-order valence-electron chi connectivity index (χ1n) is 11.2. The van der Waals surface area contributed by atoms with Crippen LogP contribution < -0.4 is 0 Å². The minimum absolute atomic E-state index is 0.0381. The monoisotopic (exact) mass is 454 g/mol. The number of hydrogen-bond donors (Lipinski definition) is 0. The van der Waals surface area contributed by atoms with E-state index in [2.05, 4.69) is 13.8 Å². The number of rotatable bonds is 8. The van der Waals surface area contributed by atoms with Crippen molar-refractivity contribution in [2.45, 2.75) is 39.4 Å². The van der Waals surface area contributed by atoms with Crippen molar-refractivity contribution in [3.05, 3.63) is 70.5 Å². The standard InChI is InChI=1S/C26H30O7/c1-16-20-14-26(3)17(2)23(33-25(28)18-8-6-5-7-9-18)22(31-15-30-11-10-29-4)13-19(26)12-21(20)32-24(16)27/h5-9,12-13,17,22-23H,10-11,14-15H2,1-4H3/t17-,22-,23+,26+/m0/s1. The van der Waals surface area contributed by atoms with E-state index in [9.17, 15) is 9.59 Å². The Labute approximate surface area is 194 Å². The smallest absolute Gasteiger partial charge is 0.339 e. The van der Waals surface area contributed by atoms with Crippen molar-refractivity contribution in [2.24, 2.45) is 11.3 Å². The molecule has 0 N–H and O–H groups in total. The van der Waals surface area contributed by atoms with Crippen LogP contribution in [0.25, 0.3) is 0 Å². The molecule has 33 heavy (non-hydrogen) atoms. The Hall–Kier alpha value is -2.74. The molecular weight excluding hydrogens is 424 g/mol. The van der Waals surface area contributed by atoms with Gasteiger partial charge in [-0.15, -0.1) is 0 Å². The number of esters is 2. The second kappa shape index (κ2) is 9.63. The maximum absolute atomic E-state index is 12.9. The minimum Gasteiger partial charge on any atom is -0.455 e. The van der Waals surface area contributed by atoms with Gasteiger partial charge >= 0.3 is 11.9 Å².